The molecule has 0 heterocycles. The van der Waals surface area contributed by atoms with Gasteiger partial charge in [0.05, 0.1) is 27.8 Å². The summed E-state index contributed by atoms with van der Waals surface area (Å²) in [4.78, 5) is 12.9. The molecule has 0 bridgehead atoms. The zero-order valence-corrected chi connectivity index (χ0v) is 22.0. The number of nitrogens with zero attached hydrogens (tertiary/aromatic N) is 2. The van der Waals surface area contributed by atoms with Gasteiger partial charge in [-0.3, -0.25) is 9.35 Å². The number of ether oxygens (including phenoxy) is 1. The Balaban J connectivity index is 1.82. The van der Waals surface area contributed by atoms with Gasteiger partial charge in [-0.05, 0) is 54.6 Å². The van der Waals surface area contributed by atoms with E-state index in [9.17, 15) is 22.9 Å². The predicted molar refractivity (Wildman–Crippen MR) is 146 cm³/mol. The summed E-state index contributed by atoms with van der Waals surface area (Å²) in [6, 6.07) is 17.7. The molecule has 0 radical (unpaired) electrons. The number of halogens is 1. The number of phenolic OH excluding ortho intramolecular Hbond substituents is 1. The van der Waals surface area contributed by atoms with Gasteiger partial charge in [0.15, 0.2) is 5.75 Å². The van der Waals surface area contributed by atoms with Gasteiger partial charge in [-0.15, -0.1) is 10.2 Å². The minimum Gasteiger partial charge on any atom is -0.505 e. The Bertz CT molecular complexity index is 1670. The van der Waals surface area contributed by atoms with E-state index in [0.717, 1.165) is 6.07 Å². The van der Waals surface area contributed by atoms with Crippen molar-refractivity contribution >= 4 is 55.5 Å². The number of aryl methyl sites for hydroxylation is 1. The van der Waals surface area contributed by atoms with Crippen LogP contribution in [0.3, 0.4) is 0 Å². The van der Waals surface area contributed by atoms with Crippen LogP contribution in [0.1, 0.15) is 29.8 Å². The summed E-state index contributed by atoms with van der Waals surface area (Å²) in [5.41, 5.74) is 0.762. The third-order valence-corrected chi connectivity index (χ3v) is 6.98. The van der Waals surface area contributed by atoms with Crippen molar-refractivity contribution in [2.24, 2.45) is 10.2 Å². The van der Waals surface area contributed by atoms with Gasteiger partial charge in [0.1, 0.15) is 17.1 Å². The molecule has 0 aliphatic heterocycles. The summed E-state index contributed by atoms with van der Waals surface area (Å²) in [5.74, 6) is -0.559. The number of aromatic hydroxyl groups is 1. The fourth-order valence-corrected chi connectivity index (χ4v) is 4.69. The number of amides is 1. The number of anilines is 1. The van der Waals surface area contributed by atoms with Gasteiger partial charge in [0.25, 0.3) is 16.0 Å². The Morgan fingerprint density at radius 2 is 1.74 bits per heavy atom. The standard InChI is InChI=1S/C27H24ClN3O6S/c1-3-16-13-18(38(34,35)36)15-22(24(16)28)30-31-25-19-10-6-5-9-17(19)14-20(26(25)32)27(33)29-21-11-7-8-12-23(21)37-4-2/h5-15,32H,3-4H2,1-2H3,(H,29,33)(H,34,35,36). The van der Waals surface area contributed by atoms with Crippen LogP contribution in [0.25, 0.3) is 10.8 Å². The molecule has 0 aliphatic carbocycles. The maximum atomic E-state index is 13.2. The van der Waals surface area contributed by atoms with Crippen molar-refractivity contribution in [2.45, 2.75) is 25.2 Å². The molecule has 0 saturated heterocycles. The van der Waals surface area contributed by atoms with Crippen LogP contribution < -0.4 is 10.1 Å². The fourth-order valence-electron chi connectivity index (χ4n) is 3.85. The van der Waals surface area contributed by atoms with Crippen LogP contribution in [0.4, 0.5) is 17.1 Å². The van der Waals surface area contributed by atoms with Crippen molar-refractivity contribution in [3.63, 3.8) is 0 Å². The lowest BCUT2D eigenvalue weighted by molar-refractivity contribution is 0.102. The van der Waals surface area contributed by atoms with Gasteiger partial charge >= 0.3 is 0 Å². The lowest BCUT2D eigenvalue weighted by atomic mass is 10.0. The minimum absolute atomic E-state index is 0.0160. The summed E-state index contributed by atoms with van der Waals surface area (Å²) >= 11 is 6.40. The van der Waals surface area contributed by atoms with Crippen molar-refractivity contribution < 1.29 is 27.6 Å². The number of azo groups is 1. The number of hydrogen-bond acceptors (Lipinski definition) is 7. The molecule has 4 aromatic rings. The van der Waals surface area contributed by atoms with Crippen molar-refractivity contribution in [1.82, 2.24) is 0 Å². The molecule has 38 heavy (non-hydrogen) atoms. The molecular weight excluding hydrogens is 530 g/mol. The van der Waals surface area contributed by atoms with E-state index in [1.807, 2.05) is 6.92 Å². The van der Waals surface area contributed by atoms with Crippen LogP contribution in [0.2, 0.25) is 5.02 Å². The van der Waals surface area contributed by atoms with E-state index in [-0.39, 0.29) is 26.9 Å². The van der Waals surface area contributed by atoms with Crippen LogP contribution in [0.15, 0.2) is 81.9 Å². The van der Waals surface area contributed by atoms with E-state index in [4.69, 9.17) is 16.3 Å². The Kier molecular flexibility index (Phi) is 7.96. The number of para-hydroxylation sites is 2. The van der Waals surface area contributed by atoms with Crippen molar-refractivity contribution in [1.29, 1.82) is 0 Å². The highest BCUT2D eigenvalue weighted by Crippen LogP contribution is 2.41. The van der Waals surface area contributed by atoms with E-state index in [0.29, 0.717) is 40.8 Å². The molecule has 9 nitrogen and oxygen atoms in total. The van der Waals surface area contributed by atoms with Gasteiger partial charge in [0, 0.05) is 5.39 Å². The van der Waals surface area contributed by atoms with Crippen molar-refractivity contribution in [3.05, 3.63) is 82.9 Å². The largest absolute Gasteiger partial charge is 0.505 e. The SMILES string of the molecule is CCOc1ccccc1NC(=O)c1cc2ccccc2c(N=Nc2cc(S(=O)(=O)O)cc(CC)c2Cl)c1O. The topological polar surface area (TPSA) is 138 Å². The number of fused-ring (bicyclic) bond motifs is 1. The lowest BCUT2D eigenvalue weighted by Gasteiger charge is -2.13. The molecule has 4 aromatic carbocycles. The van der Waals surface area contributed by atoms with Gasteiger partial charge in [-0.2, -0.15) is 8.42 Å². The molecule has 0 saturated carbocycles. The number of carbonyl (C=O) groups is 1. The lowest BCUT2D eigenvalue weighted by Crippen LogP contribution is -2.13. The predicted octanol–water partition coefficient (Wildman–Crippen LogP) is 7.07. The maximum absolute atomic E-state index is 13.2. The van der Waals surface area contributed by atoms with E-state index < -0.39 is 21.8 Å². The number of phenols is 1. The molecule has 11 heteroatoms. The first-order valence-electron chi connectivity index (χ1n) is 11.6. The van der Waals surface area contributed by atoms with Crippen molar-refractivity contribution in [3.8, 4) is 11.5 Å². The number of carbonyl (C=O) groups excluding carboxylic acids is 1. The van der Waals surface area contributed by atoms with Gasteiger partial charge in [0.2, 0.25) is 0 Å². The number of hydrogen-bond donors (Lipinski definition) is 3. The monoisotopic (exact) mass is 553 g/mol. The molecule has 1 amide bonds. The van der Waals surface area contributed by atoms with Crippen LogP contribution in [0.5, 0.6) is 11.5 Å². The highest BCUT2D eigenvalue weighted by molar-refractivity contribution is 7.85. The maximum Gasteiger partial charge on any atom is 0.294 e. The van der Waals surface area contributed by atoms with E-state index in [2.05, 4.69) is 15.5 Å². The Morgan fingerprint density at radius 1 is 1.03 bits per heavy atom. The highest BCUT2D eigenvalue weighted by Gasteiger charge is 2.20. The van der Waals surface area contributed by atoms with E-state index in [1.165, 1.54) is 12.1 Å². The molecule has 0 unspecified atom stereocenters. The molecular formula is C27H24ClN3O6S. The average molecular weight is 554 g/mol. The molecule has 0 aliphatic rings. The fraction of sp³-hybridized carbons (Fsp3) is 0.148. The third-order valence-electron chi connectivity index (χ3n) is 5.71. The highest BCUT2D eigenvalue weighted by atomic mass is 35.5. The molecule has 196 valence electrons. The first-order valence-corrected chi connectivity index (χ1v) is 13.4. The summed E-state index contributed by atoms with van der Waals surface area (Å²) in [7, 11) is -4.53. The Labute approximate surface area is 224 Å². The van der Waals surface area contributed by atoms with Gasteiger partial charge < -0.3 is 15.2 Å². The zero-order valence-electron chi connectivity index (χ0n) is 20.5. The van der Waals surface area contributed by atoms with Crippen LogP contribution >= 0.6 is 11.6 Å². The Hall–Kier alpha value is -3.99. The van der Waals surface area contributed by atoms with Crippen LogP contribution in [0, 0.1) is 0 Å². The molecule has 4 rings (SSSR count). The normalized spacial score (nSPS) is 11.7. The Morgan fingerprint density at radius 3 is 2.45 bits per heavy atom. The molecule has 0 aromatic heterocycles. The summed E-state index contributed by atoms with van der Waals surface area (Å²) in [5, 5.41) is 23.4. The molecule has 3 N–H and O–H groups in total. The van der Waals surface area contributed by atoms with Crippen LogP contribution in [-0.4, -0.2) is 30.6 Å². The molecule has 0 atom stereocenters. The number of rotatable bonds is 8. The second-order valence-electron chi connectivity index (χ2n) is 8.17. The van der Waals surface area contributed by atoms with E-state index >= 15 is 0 Å². The van der Waals surface area contributed by atoms with Crippen LogP contribution in [-0.2, 0) is 16.5 Å². The first-order chi connectivity index (χ1) is 18.1. The quantitative estimate of drug-likeness (QED) is 0.157. The van der Waals surface area contributed by atoms with Gasteiger partial charge in [-0.25, -0.2) is 0 Å². The van der Waals surface area contributed by atoms with E-state index in [1.54, 1.807) is 55.5 Å². The average Bonchev–Trinajstić information content (AvgIpc) is 2.89. The summed E-state index contributed by atoms with van der Waals surface area (Å²) in [6.07, 6.45) is 0.373. The second-order valence-corrected chi connectivity index (χ2v) is 9.97. The molecule has 0 fully saturated rings. The summed E-state index contributed by atoms with van der Waals surface area (Å²) in [6.45, 7) is 3.99. The summed E-state index contributed by atoms with van der Waals surface area (Å²) < 4.78 is 38.6. The number of nitrogens with one attached hydrogen (secondary N) is 1. The first kappa shape index (κ1) is 27.1. The second kappa shape index (κ2) is 11.2. The van der Waals surface area contributed by atoms with Crippen molar-refractivity contribution in [2.75, 3.05) is 11.9 Å². The third kappa shape index (κ3) is 5.62. The zero-order chi connectivity index (χ0) is 27.4. The number of benzene rings is 4. The van der Waals surface area contributed by atoms with Gasteiger partial charge in [-0.1, -0.05) is 54.9 Å². The molecule has 0 spiro atoms. The smallest absolute Gasteiger partial charge is 0.294 e. The minimum atomic E-state index is -4.53.